The molecule has 0 radical (unpaired) electrons. The number of amides is 1. The smallest absolute Gasteiger partial charge is 0.236 e. The number of anilines is 1. The maximum Gasteiger partial charge on any atom is 0.236 e. The number of aromatic nitrogens is 2. The molecule has 1 aliphatic rings. The van der Waals surface area contributed by atoms with E-state index in [2.05, 4.69) is 15.5 Å². The van der Waals surface area contributed by atoms with E-state index in [1.165, 1.54) is 0 Å². The number of nitrogens with one attached hydrogen (secondary N) is 2. The molecule has 2 heterocycles. The van der Waals surface area contributed by atoms with Crippen molar-refractivity contribution in [3.8, 4) is 5.75 Å². The van der Waals surface area contributed by atoms with Crippen LogP contribution in [0.3, 0.4) is 0 Å². The zero-order valence-corrected chi connectivity index (χ0v) is 11.2. The summed E-state index contributed by atoms with van der Waals surface area (Å²) >= 11 is 0. The van der Waals surface area contributed by atoms with Gasteiger partial charge in [-0.05, 0) is 18.2 Å². The van der Waals surface area contributed by atoms with Crippen molar-refractivity contribution in [2.24, 2.45) is 0 Å². The molecular weight excluding hydrogens is 266 g/mol. The Morgan fingerprint density at radius 1 is 1.19 bits per heavy atom. The van der Waals surface area contributed by atoms with Crippen LogP contribution in [0.25, 0.3) is 10.9 Å². The lowest BCUT2D eigenvalue weighted by atomic mass is 10.0. The van der Waals surface area contributed by atoms with E-state index in [0.29, 0.717) is 12.4 Å². The molecule has 2 N–H and O–H groups in total. The van der Waals surface area contributed by atoms with Gasteiger partial charge in [-0.15, -0.1) is 0 Å². The molecule has 21 heavy (non-hydrogen) atoms. The van der Waals surface area contributed by atoms with Gasteiger partial charge in [-0.3, -0.25) is 9.89 Å². The van der Waals surface area contributed by atoms with Gasteiger partial charge in [-0.25, -0.2) is 0 Å². The van der Waals surface area contributed by atoms with Gasteiger partial charge in [0.05, 0.1) is 5.52 Å². The average Bonchev–Trinajstić information content (AvgIpc) is 3.12. The molecule has 0 saturated heterocycles. The van der Waals surface area contributed by atoms with Crippen LogP contribution in [-0.4, -0.2) is 22.7 Å². The number of fused-ring (bicyclic) bond motifs is 2. The second-order valence-electron chi connectivity index (χ2n) is 5.01. The molecule has 0 aliphatic carbocycles. The number of carbonyl (C=O) groups excluding carboxylic acids is 1. The average molecular weight is 279 g/mol. The zero-order valence-electron chi connectivity index (χ0n) is 11.2. The largest absolute Gasteiger partial charge is 0.492 e. The molecule has 1 unspecified atom stereocenters. The van der Waals surface area contributed by atoms with Gasteiger partial charge in [0.1, 0.15) is 18.3 Å². The van der Waals surface area contributed by atoms with Gasteiger partial charge in [0.25, 0.3) is 0 Å². The minimum absolute atomic E-state index is 0.0998. The number of nitrogens with zero attached hydrogens (tertiary/aromatic N) is 1. The molecule has 5 heteroatoms. The first-order valence-electron chi connectivity index (χ1n) is 6.78. The molecule has 1 atom stereocenters. The van der Waals surface area contributed by atoms with E-state index < -0.39 is 0 Å². The van der Waals surface area contributed by atoms with E-state index in [0.717, 1.165) is 22.2 Å². The topological polar surface area (TPSA) is 67.0 Å². The number of para-hydroxylation sites is 2. The fourth-order valence-electron chi connectivity index (χ4n) is 2.64. The van der Waals surface area contributed by atoms with Crippen LogP contribution >= 0.6 is 0 Å². The summed E-state index contributed by atoms with van der Waals surface area (Å²) in [5.41, 5.74) is 1.82. The minimum Gasteiger partial charge on any atom is -0.492 e. The Labute approximate surface area is 120 Å². The highest BCUT2D eigenvalue weighted by Gasteiger charge is 2.30. The van der Waals surface area contributed by atoms with Gasteiger partial charge in [-0.1, -0.05) is 30.3 Å². The van der Waals surface area contributed by atoms with Crippen molar-refractivity contribution in [2.75, 3.05) is 11.9 Å². The van der Waals surface area contributed by atoms with Crippen LogP contribution in [0.4, 0.5) is 5.82 Å². The molecule has 104 valence electrons. The first-order valence-corrected chi connectivity index (χ1v) is 6.78. The van der Waals surface area contributed by atoms with Crippen LogP contribution in [-0.2, 0) is 4.79 Å². The molecule has 2 aromatic carbocycles. The van der Waals surface area contributed by atoms with Crippen LogP contribution < -0.4 is 10.1 Å². The number of carbonyl (C=O) groups is 1. The fraction of sp³-hybridized carbons (Fsp3) is 0.125. The van der Waals surface area contributed by atoms with Crippen molar-refractivity contribution in [3.05, 3.63) is 54.1 Å². The molecular formula is C16H13N3O2. The Hall–Kier alpha value is -2.82. The quantitative estimate of drug-likeness (QED) is 0.758. The van der Waals surface area contributed by atoms with Crippen LogP contribution in [0, 0.1) is 0 Å². The summed E-state index contributed by atoms with van der Waals surface area (Å²) in [5, 5.41) is 10.9. The van der Waals surface area contributed by atoms with Gasteiger partial charge < -0.3 is 10.1 Å². The monoisotopic (exact) mass is 279 g/mol. The Balaban J connectivity index is 1.62. The Kier molecular flexibility index (Phi) is 2.64. The lowest BCUT2D eigenvalue weighted by Crippen LogP contribution is -2.22. The maximum atomic E-state index is 12.5. The molecule has 1 aromatic heterocycles. The van der Waals surface area contributed by atoms with E-state index in [1.54, 1.807) is 0 Å². The minimum atomic E-state index is -0.295. The number of H-pyrrole nitrogens is 1. The highest BCUT2D eigenvalue weighted by Crippen LogP contribution is 2.34. The summed E-state index contributed by atoms with van der Waals surface area (Å²) < 4.78 is 5.55. The van der Waals surface area contributed by atoms with E-state index in [-0.39, 0.29) is 11.8 Å². The summed E-state index contributed by atoms with van der Waals surface area (Å²) in [6, 6.07) is 15.3. The van der Waals surface area contributed by atoms with Gasteiger partial charge >= 0.3 is 0 Å². The molecule has 1 amide bonds. The van der Waals surface area contributed by atoms with E-state index >= 15 is 0 Å². The number of hydrogen-bond donors (Lipinski definition) is 2. The van der Waals surface area contributed by atoms with Crippen molar-refractivity contribution >= 4 is 22.6 Å². The number of benzene rings is 2. The standard InChI is InChI=1S/C16H13N3O2/c20-16(12-9-21-14-8-4-2-5-10(12)14)17-15-11-6-1-3-7-13(11)18-19-15/h1-8,12H,9H2,(H2,17,18,19,20). The van der Waals surface area contributed by atoms with Gasteiger partial charge in [0.15, 0.2) is 5.82 Å². The van der Waals surface area contributed by atoms with Gasteiger partial charge in [0, 0.05) is 10.9 Å². The third kappa shape index (κ3) is 1.94. The second kappa shape index (κ2) is 4.63. The van der Waals surface area contributed by atoms with Crippen molar-refractivity contribution in [1.29, 1.82) is 0 Å². The first kappa shape index (κ1) is 12.0. The van der Waals surface area contributed by atoms with Crippen LogP contribution in [0.1, 0.15) is 11.5 Å². The number of hydrogen-bond acceptors (Lipinski definition) is 3. The van der Waals surface area contributed by atoms with E-state index in [1.807, 2.05) is 48.5 Å². The van der Waals surface area contributed by atoms with Gasteiger partial charge in [0.2, 0.25) is 5.91 Å². The van der Waals surface area contributed by atoms with Crippen molar-refractivity contribution in [2.45, 2.75) is 5.92 Å². The van der Waals surface area contributed by atoms with E-state index in [4.69, 9.17) is 4.74 Å². The third-order valence-electron chi connectivity index (χ3n) is 3.73. The SMILES string of the molecule is O=C(Nc1n[nH]c2ccccc12)C1COc2ccccc21. The van der Waals surface area contributed by atoms with Crippen LogP contribution in [0.5, 0.6) is 5.75 Å². The third-order valence-corrected chi connectivity index (χ3v) is 3.73. The predicted molar refractivity (Wildman–Crippen MR) is 79.4 cm³/mol. The molecule has 4 rings (SSSR count). The Bertz CT molecular complexity index is 825. The maximum absolute atomic E-state index is 12.5. The summed E-state index contributed by atoms with van der Waals surface area (Å²) in [6.07, 6.45) is 0. The zero-order chi connectivity index (χ0) is 14.2. The molecule has 3 aromatic rings. The Morgan fingerprint density at radius 2 is 2.00 bits per heavy atom. The number of rotatable bonds is 2. The lowest BCUT2D eigenvalue weighted by molar-refractivity contribution is -0.117. The molecule has 0 fully saturated rings. The first-order chi connectivity index (χ1) is 10.3. The molecule has 1 aliphatic heterocycles. The predicted octanol–water partition coefficient (Wildman–Crippen LogP) is 2.68. The van der Waals surface area contributed by atoms with E-state index in [9.17, 15) is 4.79 Å². The molecule has 0 bridgehead atoms. The summed E-state index contributed by atoms with van der Waals surface area (Å²) in [4.78, 5) is 12.5. The van der Waals surface area contributed by atoms with Crippen molar-refractivity contribution in [3.63, 3.8) is 0 Å². The molecule has 0 spiro atoms. The highest BCUT2D eigenvalue weighted by atomic mass is 16.5. The van der Waals surface area contributed by atoms with Crippen LogP contribution in [0.15, 0.2) is 48.5 Å². The highest BCUT2D eigenvalue weighted by molar-refractivity contribution is 6.02. The van der Waals surface area contributed by atoms with Crippen LogP contribution in [0.2, 0.25) is 0 Å². The number of ether oxygens (including phenoxy) is 1. The number of aromatic amines is 1. The Morgan fingerprint density at radius 3 is 2.95 bits per heavy atom. The normalized spacial score (nSPS) is 16.5. The second-order valence-corrected chi connectivity index (χ2v) is 5.01. The van der Waals surface area contributed by atoms with Crippen molar-refractivity contribution < 1.29 is 9.53 Å². The van der Waals surface area contributed by atoms with Crippen molar-refractivity contribution in [1.82, 2.24) is 10.2 Å². The summed E-state index contributed by atoms with van der Waals surface area (Å²) in [5.74, 6) is 0.943. The summed E-state index contributed by atoms with van der Waals surface area (Å²) in [7, 11) is 0. The van der Waals surface area contributed by atoms with Gasteiger partial charge in [-0.2, -0.15) is 5.10 Å². The fourth-order valence-corrected chi connectivity index (χ4v) is 2.64. The lowest BCUT2D eigenvalue weighted by Gasteiger charge is -2.08. The molecule has 0 saturated carbocycles. The summed E-state index contributed by atoms with van der Waals surface area (Å²) in [6.45, 7) is 0.369. The molecule has 5 nitrogen and oxygen atoms in total.